The van der Waals surface area contributed by atoms with E-state index in [1.165, 1.54) is 0 Å². The third-order valence-corrected chi connectivity index (χ3v) is 4.67. The van der Waals surface area contributed by atoms with E-state index in [2.05, 4.69) is 5.32 Å². The molecule has 2 aromatic rings. The molecular weight excluding hydrogens is 304 g/mol. The molecule has 1 unspecified atom stereocenters. The maximum Gasteiger partial charge on any atom is 0.254 e. The Bertz CT molecular complexity index is 737. The smallest absolute Gasteiger partial charge is 0.254 e. The van der Waals surface area contributed by atoms with Gasteiger partial charge >= 0.3 is 0 Å². The lowest BCUT2D eigenvalue weighted by atomic mass is 10.0. The fourth-order valence-electron chi connectivity index (χ4n) is 3.13. The molecule has 0 saturated carbocycles. The van der Waals surface area contributed by atoms with Crippen LogP contribution in [0.1, 0.15) is 40.1 Å². The Balaban J connectivity index is 1.71. The Morgan fingerprint density at radius 1 is 1.25 bits per heavy atom. The van der Waals surface area contributed by atoms with Crippen LogP contribution in [0.4, 0.5) is 0 Å². The molecule has 24 heavy (non-hydrogen) atoms. The van der Waals surface area contributed by atoms with E-state index in [4.69, 9.17) is 4.42 Å². The summed E-state index contributed by atoms with van der Waals surface area (Å²) >= 11 is 0. The van der Waals surface area contributed by atoms with Gasteiger partial charge in [0.2, 0.25) is 5.91 Å². The molecule has 5 heteroatoms. The van der Waals surface area contributed by atoms with Gasteiger partial charge in [-0.3, -0.25) is 9.59 Å². The molecule has 2 heterocycles. The number of rotatable bonds is 4. The molecule has 1 fully saturated rings. The van der Waals surface area contributed by atoms with Crippen LogP contribution in [0, 0.1) is 13.8 Å². The van der Waals surface area contributed by atoms with Gasteiger partial charge in [0.15, 0.2) is 0 Å². The van der Waals surface area contributed by atoms with E-state index in [9.17, 15) is 9.59 Å². The molecule has 5 nitrogen and oxygen atoms in total. The van der Waals surface area contributed by atoms with Crippen LogP contribution in [-0.4, -0.2) is 29.3 Å². The molecule has 126 valence electrons. The zero-order valence-electron chi connectivity index (χ0n) is 14.0. The second-order valence-electron chi connectivity index (χ2n) is 6.20. The van der Waals surface area contributed by atoms with Gasteiger partial charge in [-0.2, -0.15) is 0 Å². The molecule has 0 bridgehead atoms. The number of aryl methyl sites for hydroxylation is 1. The molecule has 1 aliphatic heterocycles. The van der Waals surface area contributed by atoms with Gasteiger partial charge in [-0.25, -0.2) is 0 Å². The van der Waals surface area contributed by atoms with Gasteiger partial charge in [-0.1, -0.05) is 12.1 Å². The number of nitrogens with one attached hydrogen (secondary N) is 1. The van der Waals surface area contributed by atoms with E-state index in [0.29, 0.717) is 30.8 Å². The van der Waals surface area contributed by atoms with Gasteiger partial charge in [0, 0.05) is 12.1 Å². The van der Waals surface area contributed by atoms with Crippen LogP contribution in [0.5, 0.6) is 0 Å². The maximum atomic E-state index is 12.9. The van der Waals surface area contributed by atoms with Gasteiger partial charge in [0.25, 0.3) is 5.91 Å². The lowest BCUT2D eigenvalue weighted by molar-refractivity contribution is -0.125. The van der Waals surface area contributed by atoms with Crippen molar-refractivity contribution < 1.29 is 14.0 Å². The van der Waals surface area contributed by atoms with Crippen molar-refractivity contribution in [3.05, 3.63) is 59.0 Å². The van der Waals surface area contributed by atoms with Crippen LogP contribution in [0.15, 0.2) is 41.0 Å². The Labute approximate surface area is 141 Å². The molecular formula is C19H22N2O3. The van der Waals surface area contributed by atoms with Crippen molar-refractivity contribution >= 4 is 11.8 Å². The molecule has 1 N–H and O–H groups in total. The number of amides is 2. The van der Waals surface area contributed by atoms with Crippen molar-refractivity contribution in [2.45, 2.75) is 39.3 Å². The summed E-state index contributed by atoms with van der Waals surface area (Å²) in [6.45, 7) is 4.90. The van der Waals surface area contributed by atoms with Crippen molar-refractivity contribution in [1.29, 1.82) is 0 Å². The first kappa shape index (κ1) is 16.3. The Hall–Kier alpha value is -2.56. The summed E-state index contributed by atoms with van der Waals surface area (Å²) < 4.78 is 5.22. The Morgan fingerprint density at radius 2 is 2.08 bits per heavy atom. The molecule has 0 spiro atoms. The number of benzene rings is 1. The summed E-state index contributed by atoms with van der Waals surface area (Å²) in [7, 11) is 0. The molecule has 2 amide bonds. The van der Waals surface area contributed by atoms with Gasteiger partial charge in [0.05, 0.1) is 12.8 Å². The third kappa shape index (κ3) is 3.20. The van der Waals surface area contributed by atoms with Gasteiger partial charge in [-0.05, 0) is 56.0 Å². The molecule has 3 rings (SSSR count). The molecule has 0 radical (unpaired) electrons. The van der Waals surface area contributed by atoms with Crippen LogP contribution < -0.4 is 5.32 Å². The van der Waals surface area contributed by atoms with Crippen LogP contribution >= 0.6 is 0 Å². The van der Waals surface area contributed by atoms with E-state index in [-0.39, 0.29) is 11.8 Å². The average molecular weight is 326 g/mol. The molecule has 1 atom stereocenters. The number of carbonyl (C=O) groups is 2. The number of nitrogens with zero attached hydrogens (tertiary/aromatic N) is 1. The lowest BCUT2D eigenvalue weighted by Gasteiger charge is -2.25. The highest BCUT2D eigenvalue weighted by Gasteiger charge is 2.34. The van der Waals surface area contributed by atoms with E-state index in [1.807, 2.05) is 38.1 Å². The first-order valence-corrected chi connectivity index (χ1v) is 8.25. The monoisotopic (exact) mass is 326 g/mol. The predicted octanol–water partition coefficient (Wildman–Crippen LogP) is 2.82. The Morgan fingerprint density at radius 3 is 2.83 bits per heavy atom. The summed E-state index contributed by atoms with van der Waals surface area (Å²) in [5.74, 6) is 0.517. The highest BCUT2D eigenvalue weighted by atomic mass is 16.3. The third-order valence-electron chi connectivity index (χ3n) is 4.67. The molecule has 1 aliphatic rings. The van der Waals surface area contributed by atoms with Crippen molar-refractivity contribution in [3.8, 4) is 0 Å². The number of likely N-dealkylation sites (tertiary alicyclic amines) is 1. The Kier molecular flexibility index (Phi) is 4.69. The minimum Gasteiger partial charge on any atom is -0.467 e. The SMILES string of the molecule is Cc1cccc(C(=O)N2CCCC2C(=O)NCc2ccco2)c1C. The van der Waals surface area contributed by atoms with Crippen molar-refractivity contribution in [1.82, 2.24) is 10.2 Å². The van der Waals surface area contributed by atoms with E-state index < -0.39 is 6.04 Å². The van der Waals surface area contributed by atoms with Gasteiger partial charge < -0.3 is 14.6 Å². The van der Waals surface area contributed by atoms with Crippen LogP contribution in [0.3, 0.4) is 0 Å². The van der Waals surface area contributed by atoms with E-state index >= 15 is 0 Å². The van der Waals surface area contributed by atoms with Crippen molar-refractivity contribution in [3.63, 3.8) is 0 Å². The topological polar surface area (TPSA) is 62.6 Å². The standard InChI is InChI=1S/C19H22N2O3/c1-13-6-3-8-16(14(13)2)19(23)21-10-4-9-17(21)18(22)20-12-15-7-5-11-24-15/h3,5-8,11,17H,4,9-10,12H2,1-2H3,(H,20,22). The summed E-state index contributed by atoms with van der Waals surface area (Å²) in [5, 5.41) is 2.86. The fourth-order valence-corrected chi connectivity index (χ4v) is 3.13. The summed E-state index contributed by atoms with van der Waals surface area (Å²) in [6.07, 6.45) is 3.11. The summed E-state index contributed by atoms with van der Waals surface area (Å²) in [5.41, 5.74) is 2.74. The molecule has 0 aliphatic carbocycles. The highest BCUT2D eigenvalue weighted by molar-refractivity contribution is 5.99. The number of hydrogen-bond acceptors (Lipinski definition) is 3. The summed E-state index contributed by atoms with van der Waals surface area (Å²) in [4.78, 5) is 27.1. The van der Waals surface area contributed by atoms with E-state index in [1.54, 1.807) is 17.2 Å². The normalized spacial score (nSPS) is 17.1. The first-order valence-electron chi connectivity index (χ1n) is 8.25. The predicted molar refractivity (Wildman–Crippen MR) is 90.5 cm³/mol. The summed E-state index contributed by atoms with van der Waals surface area (Å²) in [6, 6.07) is 8.90. The highest BCUT2D eigenvalue weighted by Crippen LogP contribution is 2.23. The fraction of sp³-hybridized carbons (Fsp3) is 0.368. The van der Waals surface area contributed by atoms with E-state index in [0.717, 1.165) is 17.5 Å². The molecule has 1 aromatic heterocycles. The second kappa shape index (κ2) is 6.91. The van der Waals surface area contributed by atoms with Crippen LogP contribution in [0.2, 0.25) is 0 Å². The number of hydrogen-bond donors (Lipinski definition) is 1. The molecule has 1 saturated heterocycles. The minimum absolute atomic E-state index is 0.0631. The average Bonchev–Trinajstić information content (AvgIpc) is 3.26. The number of carbonyl (C=O) groups excluding carboxylic acids is 2. The van der Waals surface area contributed by atoms with Gasteiger partial charge in [-0.15, -0.1) is 0 Å². The van der Waals surface area contributed by atoms with Crippen molar-refractivity contribution in [2.24, 2.45) is 0 Å². The zero-order chi connectivity index (χ0) is 17.1. The van der Waals surface area contributed by atoms with Gasteiger partial charge in [0.1, 0.15) is 11.8 Å². The minimum atomic E-state index is -0.410. The second-order valence-corrected chi connectivity index (χ2v) is 6.20. The maximum absolute atomic E-state index is 12.9. The van der Waals surface area contributed by atoms with Crippen LogP contribution in [0.25, 0.3) is 0 Å². The molecule has 1 aromatic carbocycles. The van der Waals surface area contributed by atoms with Crippen LogP contribution in [-0.2, 0) is 11.3 Å². The quantitative estimate of drug-likeness (QED) is 0.940. The lowest BCUT2D eigenvalue weighted by Crippen LogP contribution is -2.45. The number of furan rings is 1. The first-order chi connectivity index (χ1) is 11.6. The van der Waals surface area contributed by atoms with Crippen molar-refractivity contribution in [2.75, 3.05) is 6.54 Å². The largest absolute Gasteiger partial charge is 0.467 e. The zero-order valence-corrected chi connectivity index (χ0v) is 14.0.